The molecule has 0 aliphatic carbocycles. The van der Waals surface area contributed by atoms with Gasteiger partial charge in [-0.2, -0.15) is 5.26 Å². The normalized spacial score (nSPS) is 17.3. The van der Waals surface area contributed by atoms with Crippen molar-refractivity contribution >= 4 is 18.0 Å². The smallest absolute Gasteiger partial charge is 0.349 e. The summed E-state index contributed by atoms with van der Waals surface area (Å²) in [6.07, 6.45) is 4.55. The molecule has 0 N–H and O–H groups in total. The third-order valence-corrected chi connectivity index (χ3v) is 5.22. The molecule has 2 rings (SSSR count). The Hall–Kier alpha value is -2.59. The lowest BCUT2D eigenvalue weighted by Gasteiger charge is -2.33. The van der Waals surface area contributed by atoms with Crippen LogP contribution >= 0.6 is 0 Å². The minimum absolute atomic E-state index is 0.119. The van der Waals surface area contributed by atoms with Crippen LogP contribution in [0.15, 0.2) is 11.6 Å². The lowest BCUT2D eigenvalue weighted by atomic mass is 10.0. The molecular weight excluding hydrogens is 358 g/mol. The number of amides is 1. The molecule has 1 fully saturated rings. The molecule has 7 heteroatoms. The first-order valence-corrected chi connectivity index (χ1v) is 9.63. The van der Waals surface area contributed by atoms with E-state index in [0.29, 0.717) is 19.7 Å². The summed E-state index contributed by atoms with van der Waals surface area (Å²) in [7, 11) is 1.64. The molecule has 7 nitrogen and oxygen atoms in total. The predicted octanol–water partition coefficient (Wildman–Crippen LogP) is 2.60. The maximum atomic E-state index is 12.3. The Labute approximate surface area is 166 Å². The van der Waals surface area contributed by atoms with Gasteiger partial charge in [-0.15, -0.1) is 0 Å². The highest BCUT2D eigenvalue weighted by Crippen LogP contribution is 2.19. The van der Waals surface area contributed by atoms with Gasteiger partial charge in [-0.1, -0.05) is 0 Å². The van der Waals surface area contributed by atoms with Crippen LogP contribution in [0.1, 0.15) is 43.1 Å². The van der Waals surface area contributed by atoms with E-state index in [9.17, 15) is 14.9 Å². The average Bonchev–Trinajstić information content (AvgIpc) is 2.95. The quantitative estimate of drug-likeness (QED) is 0.408. The van der Waals surface area contributed by atoms with Crippen molar-refractivity contribution in [1.29, 1.82) is 5.26 Å². The van der Waals surface area contributed by atoms with Gasteiger partial charge >= 0.3 is 5.97 Å². The van der Waals surface area contributed by atoms with E-state index in [0.717, 1.165) is 36.2 Å². The number of esters is 1. The molecule has 0 spiro atoms. The van der Waals surface area contributed by atoms with E-state index >= 15 is 0 Å². The van der Waals surface area contributed by atoms with Crippen molar-refractivity contribution in [2.75, 3.05) is 26.9 Å². The molecule has 2 heterocycles. The predicted molar refractivity (Wildman–Crippen MR) is 105 cm³/mol. The first-order valence-electron chi connectivity index (χ1n) is 9.63. The second-order valence-corrected chi connectivity index (χ2v) is 7.15. The number of aromatic nitrogens is 1. The first kappa shape index (κ1) is 21.7. The van der Waals surface area contributed by atoms with Gasteiger partial charge in [-0.25, -0.2) is 4.79 Å². The monoisotopic (exact) mass is 387 g/mol. The molecule has 1 aliphatic heterocycles. The molecular formula is C21H29N3O4. The van der Waals surface area contributed by atoms with Crippen LogP contribution in [0.2, 0.25) is 0 Å². The fourth-order valence-electron chi connectivity index (χ4n) is 3.55. The summed E-state index contributed by atoms with van der Waals surface area (Å²) in [6, 6.07) is 3.96. The van der Waals surface area contributed by atoms with Gasteiger partial charge in [0.2, 0.25) is 0 Å². The highest BCUT2D eigenvalue weighted by atomic mass is 16.5. The molecule has 1 amide bonds. The van der Waals surface area contributed by atoms with Gasteiger partial charge in [-0.05, 0) is 57.7 Å². The molecule has 0 saturated carbocycles. The Kier molecular flexibility index (Phi) is 7.82. The van der Waals surface area contributed by atoms with Crippen LogP contribution < -0.4 is 0 Å². The summed E-state index contributed by atoms with van der Waals surface area (Å²) in [6.45, 7) is 7.50. The van der Waals surface area contributed by atoms with Gasteiger partial charge in [0.25, 0.3) is 5.91 Å². The molecule has 0 bridgehead atoms. The summed E-state index contributed by atoms with van der Waals surface area (Å²) < 4.78 is 12.3. The van der Waals surface area contributed by atoms with Crippen LogP contribution in [-0.2, 0) is 25.6 Å². The summed E-state index contributed by atoms with van der Waals surface area (Å²) >= 11 is 0. The Balaban J connectivity index is 2.05. The topological polar surface area (TPSA) is 84.6 Å². The largest absolute Gasteiger partial charge is 0.451 e. The number of nitrogens with zero attached hydrogens (tertiary/aromatic N) is 3. The SMILES string of the molecule is COCCn1c(C)cc(/C=C(\C#N)C(=O)OCC(=O)N2CCCC[C@H]2C)c1C. The standard InChI is InChI=1S/C21H29N3O4/c1-15-7-5-6-8-24(15)20(25)14-28-21(26)19(13-22)12-18-11-16(2)23(17(18)3)9-10-27-4/h11-12,15H,5-10,14H2,1-4H3/b19-12+/t15-/m1/s1. The minimum Gasteiger partial charge on any atom is -0.451 e. The maximum absolute atomic E-state index is 12.3. The van der Waals surface area contributed by atoms with Crippen LogP contribution in [0.25, 0.3) is 6.08 Å². The molecule has 1 aromatic rings. The number of aryl methyl sites for hydroxylation is 1. The fourth-order valence-corrected chi connectivity index (χ4v) is 3.55. The van der Waals surface area contributed by atoms with Gasteiger partial charge in [0, 0.05) is 37.6 Å². The van der Waals surface area contributed by atoms with Crippen LogP contribution in [0.3, 0.4) is 0 Å². The zero-order chi connectivity index (χ0) is 20.7. The van der Waals surface area contributed by atoms with Crippen molar-refractivity contribution in [3.05, 3.63) is 28.6 Å². The van der Waals surface area contributed by atoms with E-state index in [-0.39, 0.29) is 24.1 Å². The van der Waals surface area contributed by atoms with Crippen molar-refractivity contribution in [3.8, 4) is 6.07 Å². The molecule has 1 atom stereocenters. The number of ether oxygens (including phenoxy) is 2. The molecule has 28 heavy (non-hydrogen) atoms. The number of likely N-dealkylation sites (tertiary alicyclic amines) is 1. The fraction of sp³-hybridized carbons (Fsp3) is 0.571. The molecule has 1 saturated heterocycles. The Morgan fingerprint density at radius 2 is 2.11 bits per heavy atom. The number of carbonyl (C=O) groups excluding carboxylic acids is 2. The number of methoxy groups -OCH3 is 1. The third kappa shape index (κ3) is 5.23. The van der Waals surface area contributed by atoms with E-state index in [2.05, 4.69) is 4.57 Å². The average molecular weight is 387 g/mol. The van der Waals surface area contributed by atoms with Gasteiger partial charge in [0.1, 0.15) is 11.6 Å². The van der Waals surface area contributed by atoms with E-state index in [1.165, 1.54) is 6.08 Å². The van der Waals surface area contributed by atoms with Gasteiger partial charge in [0.05, 0.1) is 6.61 Å². The van der Waals surface area contributed by atoms with Gasteiger partial charge in [0.15, 0.2) is 6.61 Å². The van der Waals surface area contributed by atoms with Crippen molar-refractivity contribution in [2.24, 2.45) is 0 Å². The van der Waals surface area contributed by atoms with Crippen molar-refractivity contribution in [1.82, 2.24) is 9.47 Å². The summed E-state index contributed by atoms with van der Waals surface area (Å²) in [4.78, 5) is 26.4. The Morgan fingerprint density at radius 3 is 2.75 bits per heavy atom. The van der Waals surface area contributed by atoms with Gasteiger partial charge in [-0.3, -0.25) is 4.79 Å². The zero-order valence-corrected chi connectivity index (χ0v) is 17.2. The first-order chi connectivity index (χ1) is 13.4. The van der Waals surface area contributed by atoms with Crippen LogP contribution in [0.5, 0.6) is 0 Å². The lowest BCUT2D eigenvalue weighted by Crippen LogP contribution is -2.44. The van der Waals surface area contributed by atoms with Crippen LogP contribution in [0.4, 0.5) is 0 Å². The van der Waals surface area contributed by atoms with Crippen LogP contribution in [0, 0.1) is 25.2 Å². The molecule has 0 aromatic carbocycles. The number of carbonyl (C=O) groups is 2. The van der Waals surface area contributed by atoms with Crippen molar-refractivity contribution < 1.29 is 19.1 Å². The van der Waals surface area contributed by atoms with E-state index in [1.807, 2.05) is 32.9 Å². The minimum atomic E-state index is -0.776. The number of nitriles is 1. The number of hydrogen-bond acceptors (Lipinski definition) is 5. The highest BCUT2D eigenvalue weighted by Gasteiger charge is 2.24. The lowest BCUT2D eigenvalue weighted by molar-refractivity contribution is -0.150. The highest BCUT2D eigenvalue weighted by molar-refractivity contribution is 5.99. The Morgan fingerprint density at radius 1 is 1.36 bits per heavy atom. The van der Waals surface area contributed by atoms with Crippen molar-refractivity contribution in [2.45, 2.75) is 52.6 Å². The van der Waals surface area contributed by atoms with Crippen LogP contribution in [-0.4, -0.2) is 54.3 Å². The van der Waals surface area contributed by atoms with Gasteiger partial charge < -0.3 is 18.9 Å². The molecule has 0 radical (unpaired) electrons. The molecule has 1 aliphatic rings. The van der Waals surface area contributed by atoms with E-state index in [4.69, 9.17) is 9.47 Å². The summed E-state index contributed by atoms with van der Waals surface area (Å²) in [5, 5.41) is 9.38. The number of rotatable bonds is 7. The third-order valence-electron chi connectivity index (χ3n) is 5.22. The second-order valence-electron chi connectivity index (χ2n) is 7.15. The maximum Gasteiger partial charge on any atom is 0.349 e. The summed E-state index contributed by atoms with van der Waals surface area (Å²) in [5.74, 6) is -0.988. The number of piperidine rings is 1. The van der Waals surface area contributed by atoms with Crippen molar-refractivity contribution in [3.63, 3.8) is 0 Å². The number of hydrogen-bond donors (Lipinski definition) is 0. The zero-order valence-electron chi connectivity index (χ0n) is 17.2. The molecule has 152 valence electrons. The molecule has 0 unspecified atom stereocenters. The summed E-state index contributed by atoms with van der Waals surface area (Å²) in [5.41, 5.74) is 2.61. The molecule has 1 aromatic heterocycles. The Bertz CT molecular complexity index is 788. The van der Waals surface area contributed by atoms with E-state index < -0.39 is 5.97 Å². The van der Waals surface area contributed by atoms with E-state index in [1.54, 1.807) is 12.0 Å². The second kappa shape index (κ2) is 10.1.